The van der Waals surface area contributed by atoms with Gasteiger partial charge in [-0.2, -0.15) is 5.10 Å². The molecule has 9 nitrogen and oxygen atoms in total. The summed E-state index contributed by atoms with van der Waals surface area (Å²) in [5.41, 5.74) is -0.0416. The predicted molar refractivity (Wildman–Crippen MR) is 106 cm³/mol. The molecule has 0 spiro atoms. The smallest absolute Gasteiger partial charge is 0.307 e. The number of halogens is 2. The predicted octanol–water partition coefficient (Wildman–Crippen LogP) is 3.99. The van der Waals surface area contributed by atoms with Gasteiger partial charge in [-0.05, 0) is 24.6 Å². The van der Waals surface area contributed by atoms with Gasteiger partial charge < -0.3 is 9.30 Å². The first-order valence-corrected chi connectivity index (χ1v) is 9.94. The summed E-state index contributed by atoms with van der Waals surface area (Å²) in [6, 6.07) is 5.10. The Morgan fingerprint density at radius 1 is 1.32 bits per heavy atom. The molecule has 0 atom stereocenters. The second-order valence-corrected chi connectivity index (χ2v) is 7.51. The van der Waals surface area contributed by atoms with E-state index in [9.17, 15) is 10.1 Å². The van der Waals surface area contributed by atoms with E-state index in [0.717, 1.165) is 12.2 Å². The lowest BCUT2D eigenvalue weighted by Gasteiger charge is -2.08. The van der Waals surface area contributed by atoms with Gasteiger partial charge in [0.05, 0.1) is 22.4 Å². The Morgan fingerprint density at radius 3 is 2.86 bits per heavy atom. The molecule has 28 heavy (non-hydrogen) atoms. The molecule has 148 valence electrons. The van der Waals surface area contributed by atoms with Crippen molar-refractivity contribution >= 4 is 40.7 Å². The molecule has 0 bridgehead atoms. The van der Waals surface area contributed by atoms with Crippen LogP contribution in [0.2, 0.25) is 10.0 Å². The van der Waals surface area contributed by atoms with Crippen LogP contribution in [0.3, 0.4) is 0 Å². The van der Waals surface area contributed by atoms with Crippen LogP contribution in [-0.2, 0) is 19.3 Å². The minimum atomic E-state index is -0.478. The van der Waals surface area contributed by atoms with Crippen LogP contribution in [0.4, 0.5) is 5.69 Å². The minimum Gasteiger partial charge on any atom is -0.492 e. The van der Waals surface area contributed by atoms with Crippen molar-refractivity contribution in [2.75, 3.05) is 6.61 Å². The highest BCUT2D eigenvalue weighted by molar-refractivity contribution is 7.98. The number of aryl methyl sites for hydroxylation is 1. The lowest BCUT2D eigenvalue weighted by Crippen LogP contribution is -2.04. The van der Waals surface area contributed by atoms with E-state index < -0.39 is 4.92 Å². The van der Waals surface area contributed by atoms with Gasteiger partial charge in [0.2, 0.25) is 0 Å². The standard InChI is InChI=1S/C16H16Cl2N6O3S/c1-22-15(3-2-6-27-14-5-4-11(17)7-13(14)18)20-21-16(22)28-10-23-9-12(8-19-23)24(25)26/h4-5,7-9H,2-3,6,10H2,1H3. The van der Waals surface area contributed by atoms with Crippen LogP contribution in [0.5, 0.6) is 5.75 Å². The third kappa shape index (κ3) is 5.15. The minimum absolute atomic E-state index is 0.0416. The van der Waals surface area contributed by atoms with Crippen molar-refractivity contribution in [2.24, 2.45) is 7.05 Å². The molecule has 2 heterocycles. The maximum absolute atomic E-state index is 10.7. The molecule has 0 N–H and O–H groups in total. The quantitative estimate of drug-likeness (QED) is 0.213. The fourth-order valence-corrected chi connectivity index (χ4v) is 3.58. The van der Waals surface area contributed by atoms with Crippen molar-refractivity contribution in [3.8, 4) is 5.75 Å². The monoisotopic (exact) mass is 442 g/mol. The van der Waals surface area contributed by atoms with Crippen molar-refractivity contribution in [1.82, 2.24) is 24.5 Å². The molecule has 0 aliphatic rings. The highest BCUT2D eigenvalue weighted by atomic mass is 35.5. The van der Waals surface area contributed by atoms with E-state index in [-0.39, 0.29) is 5.69 Å². The van der Waals surface area contributed by atoms with Gasteiger partial charge in [0.1, 0.15) is 24.0 Å². The van der Waals surface area contributed by atoms with Crippen LogP contribution < -0.4 is 4.74 Å². The van der Waals surface area contributed by atoms with Gasteiger partial charge in [-0.25, -0.2) is 0 Å². The molecule has 0 saturated heterocycles. The number of thioether (sulfide) groups is 1. The number of nitrogens with zero attached hydrogens (tertiary/aromatic N) is 6. The normalized spacial score (nSPS) is 11.0. The SMILES string of the molecule is Cn1c(CCCOc2ccc(Cl)cc2Cl)nnc1SCn1cc([N+](=O)[O-])cn1. The molecule has 0 fully saturated rings. The van der Waals surface area contributed by atoms with E-state index in [1.165, 1.54) is 28.8 Å². The first kappa shape index (κ1) is 20.4. The summed E-state index contributed by atoms with van der Waals surface area (Å²) in [5.74, 6) is 1.81. The molecule has 0 aliphatic heterocycles. The summed E-state index contributed by atoms with van der Waals surface area (Å²) < 4.78 is 9.04. The molecular weight excluding hydrogens is 427 g/mol. The maximum atomic E-state index is 10.7. The molecular formula is C16H16Cl2N6O3S. The number of rotatable bonds is 9. The highest BCUT2D eigenvalue weighted by Gasteiger charge is 2.12. The lowest BCUT2D eigenvalue weighted by molar-refractivity contribution is -0.385. The zero-order chi connectivity index (χ0) is 20.1. The van der Waals surface area contributed by atoms with Crippen LogP contribution in [0, 0.1) is 10.1 Å². The Bertz CT molecular complexity index is 977. The molecule has 0 radical (unpaired) electrons. The summed E-state index contributed by atoms with van der Waals surface area (Å²) in [6.07, 6.45) is 4.02. The number of ether oxygens (including phenoxy) is 1. The summed E-state index contributed by atoms with van der Waals surface area (Å²) in [6.45, 7) is 0.480. The molecule has 12 heteroatoms. The molecule has 0 aliphatic carbocycles. The molecule has 3 rings (SSSR count). The van der Waals surface area contributed by atoms with E-state index in [4.69, 9.17) is 27.9 Å². The van der Waals surface area contributed by atoms with E-state index in [1.807, 2.05) is 11.6 Å². The van der Waals surface area contributed by atoms with Crippen molar-refractivity contribution in [3.05, 3.63) is 56.6 Å². The van der Waals surface area contributed by atoms with E-state index >= 15 is 0 Å². The summed E-state index contributed by atoms with van der Waals surface area (Å²) in [4.78, 5) is 10.2. The van der Waals surface area contributed by atoms with Crippen LogP contribution in [0.15, 0.2) is 35.7 Å². The fourth-order valence-electron chi connectivity index (χ4n) is 2.33. The maximum Gasteiger partial charge on any atom is 0.307 e. The van der Waals surface area contributed by atoms with Gasteiger partial charge in [-0.15, -0.1) is 10.2 Å². The second kappa shape index (κ2) is 9.26. The van der Waals surface area contributed by atoms with Crippen molar-refractivity contribution in [3.63, 3.8) is 0 Å². The number of hydrogen-bond acceptors (Lipinski definition) is 7. The summed E-state index contributed by atoms with van der Waals surface area (Å²) in [5, 5.41) is 24.7. The van der Waals surface area contributed by atoms with E-state index in [1.54, 1.807) is 18.2 Å². The third-order valence-electron chi connectivity index (χ3n) is 3.78. The van der Waals surface area contributed by atoms with Crippen LogP contribution in [-0.4, -0.2) is 36.1 Å². The fraction of sp³-hybridized carbons (Fsp3) is 0.312. The summed E-state index contributed by atoms with van der Waals surface area (Å²) >= 11 is 13.3. The lowest BCUT2D eigenvalue weighted by atomic mass is 10.3. The Hall–Kier alpha value is -2.30. The van der Waals surface area contributed by atoms with Gasteiger partial charge >= 0.3 is 5.69 Å². The van der Waals surface area contributed by atoms with Gasteiger partial charge in [0.25, 0.3) is 0 Å². The van der Waals surface area contributed by atoms with Crippen molar-refractivity contribution < 1.29 is 9.66 Å². The van der Waals surface area contributed by atoms with E-state index in [2.05, 4.69) is 15.3 Å². The average Bonchev–Trinajstić information content (AvgIpc) is 3.26. The number of benzene rings is 1. The Kier molecular flexibility index (Phi) is 6.76. The first-order valence-electron chi connectivity index (χ1n) is 8.20. The number of nitro groups is 1. The largest absolute Gasteiger partial charge is 0.492 e. The molecule has 0 unspecified atom stereocenters. The number of hydrogen-bond donors (Lipinski definition) is 0. The van der Waals surface area contributed by atoms with Gasteiger partial charge in [0.15, 0.2) is 5.16 Å². The molecule has 3 aromatic rings. The number of aromatic nitrogens is 5. The molecule has 2 aromatic heterocycles. The highest BCUT2D eigenvalue weighted by Crippen LogP contribution is 2.27. The van der Waals surface area contributed by atoms with Crippen LogP contribution in [0.1, 0.15) is 12.2 Å². The first-order chi connectivity index (χ1) is 13.4. The van der Waals surface area contributed by atoms with Crippen molar-refractivity contribution in [2.45, 2.75) is 23.9 Å². The Morgan fingerprint density at radius 2 is 2.14 bits per heavy atom. The second-order valence-electron chi connectivity index (χ2n) is 5.75. The average molecular weight is 443 g/mol. The Balaban J connectivity index is 1.48. The zero-order valence-corrected chi connectivity index (χ0v) is 17.1. The molecule has 0 amide bonds. The Labute approximate surface area is 174 Å². The van der Waals surface area contributed by atoms with Gasteiger partial charge in [0, 0.05) is 18.5 Å². The van der Waals surface area contributed by atoms with E-state index in [0.29, 0.717) is 39.9 Å². The van der Waals surface area contributed by atoms with Crippen LogP contribution >= 0.6 is 35.0 Å². The third-order valence-corrected chi connectivity index (χ3v) is 5.32. The zero-order valence-electron chi connectivity index (χ0n) is 14.8. The van der Waals surface area contributed by atoms with Crippen molar-refractivity contribution in [1.29, 1.82) is 0 Å². The topological polar surface area (TPSA) is 101 Å². The van der Waals surface area contributed by atoms with Gasteiger partial charge in [-0.1, -0.05) is 35.0 Å². The summed E-state index contributed by atoms with van der Waals surface area (Å²) in [7, 11) is 1.88. The van der Waals surface area contributed by atoms with Crippen LogP contribution in [0.25, 0.3) is 0 Å². The molecule has 1 aromatic carbocycles. The van der Waals surface area contributed by atoms with Gasteiger partial charge in [-0.3, -0.25) is 14.8 Å². The molecule has 0 saturated carbocycles.